The number of morpholine rings is 1. The molecule has 2 amide bonds. The Balaban J connectivity index is 1.38. The second kappa shape index (κ2) is 7.90. The molecule has 1 atom stereocenters. The van der Waals surface area contributed by atoms with Crippen LogP contribution in [0.25, 0.3) is 0 Å². The maximum Gasteiger partial charge on any atom is 0.264 e. The van der Waals surface area contributed by atoms with E-state index in [1.807, 2.05) is 28.5 Å². The van der Waals surface area contributed by atoms with Gasteiger partial charge in [0.1, 0.15) is 0 Å². The first-order chi connectivity index (χ1) is 12.7. The molecule has 5 nitrogen and oxygen atoms in total. The molecule has 0 aromatic carbocycles. The quantitative estimate of drug-likeness (QED) is 0.873. The Labute approximate surface area is 161 Å². The van der Waals surface area contributed by atoms with E-state index in [2.05, 4.69) is 5.32 Å². The SMILES string of the molecule is O=C(NCc1cccs1)[C@H]1CCc2sc(C(=O)N3CCOCC3)cc2C1. The number of ether oxygens (including phenoxy) is 1. The topological polar surface area (TPSA) is 58.6 Å². The summed E-state index contributed by atoms with van der Waals surface area (Å²) in [5.41, 5.74) is 1.18. The monoisotopic (exact) mass is 390 g/mol. The van der Waals surface area contributed by atoms with Gasteiger partial charge in [-0.1, -0.05) is 6.07 Å². The van der Waals surface area contributed by atoms with Crippen LogP contribution in [0.5, 0.6) is 0 Å². The van der Waals surface area contributed by atoms with E-state index in [4.69, 9.17) is 4.74 Å². The van der Waals surface area contributed by atoms with Crippen molar-refractivity contribution in [3.05, 3.63) is 43.8 Å². The molecule has 0 unspecified atom stereocenters. The van der Waals surface area contributed by atoms with Crippen molar-refractivity contribution < 1.29 is 14.3 Å². The van der Waals surface area contributed by atoms with Crippen LogP contribution in [0.15, 0.2) is 23.6 Å². The van der Waals surface area contributed by atoms with E-state index in [0.717, 1.165) is 24.1 Å². The number of hydrogen-bond acceptors (Lipinski definition) is 5. The Morgan fingerprint density at radius 2 is 2.15 bits per heavy atom. The number of nitrogens with zero attached hydrogens (tertiary/aromatic N) is 1. The van der Waals surface area contributed by atoms with Gasteiger partial charge in [-0.15, -0.1) is 22.7 Å². The van der Waals surface area contributed by atoms with E-state index >= 15 is 0 Å². The molecule has 138 valence electrons. The second-order valence-corrected chi connectivity index (χ2v) is 8.87. The lowest BCUT2D eigenvalue weighted by Gasteiger charge is -2.26. The van der Waals surface area contributed by atoms with Gasteiger partial charge >= 0.3 is 0 Å². The molecule has 26 heavy (non-hydrogen) atoms. The van der Waals surface area contributed by atoms with Crippen LogP contribution in [0.2, 0.25) is 0 Å². The van der Waals surface area contributed by atoms with E-state index in [9.17, 15) is 9.59 Å². The minimum atomic E-state index is 0.00315. The number of amides is 2. The molecule has 2 aromatic rings. The number of carbonyl (C=O) groups excluding carboxylic acids is 2. The fraction of sp³-hybridized carbons (Fsp3) is 0.474. The van der Waals surface area contributed by atoms with Gasteiger partial charge in [-0.3, -0.25) is 9.59 Å². The van der Waals surface area contributed by atoms with Gasteiger partial charge in [-0.05, 0) is 42.3 Å². The van der Waals surface area contributed by atoms with Crippen LogP contribution in [0.3, 0.4) is 0 Å². The zero-order valence-corrected chi connectivity index (χ0v) is 16.2. The van der Waals surface area contributed by atoms with Crippen molar-refractivity contribution in [3.63, 3.8) is 0 Å². The minimum absolute atomic E-state index is 0.00315. The summed E-state index contributed by atoms with van der Waals surface area (Å²) in [4.78, 5) is 30.3. The van der Waals surface area contributed by atoms with Crippen molar-refractivity contribution in [3.8, 4) is 0 Å². The highest BCUT2D eigenvalue weighted by Gasteiger charge is 2.28. The Hall–Kier alpha value is -1.70. The summed E-state index contributed by atoms with van der Waals surface area (Å²) in [6, 6.07) is 6.04. The molecule has 0 bridgehead atoms. The molecular formula is C19H22N2O3S2. The average Bonchev–Trinajstić information content (AvgIpc) is 3.35. The molecule has 1 aliphatic carbocycles. The third kappa shape index (κ3) is 3.84. The third-order valence-corrected chi connectivity index (χ3v) is 7.08. The molecule has 2 aliphatic rings. The number of hydrogen-bond donors (Lipinski definition) is 1. The van der Waals surface area contributed by atoms with Gasteiger partial charge in [0, 0.05) is 28.8 Å². The van der Waals surface area contributed by atoms with Crippen LogP contribution < -0.4 is 5.32 Å². The Bertz CT molecular complexity index is 779. The number of nitrogens with one attached hydrogen (secondary N) is 1. The predicted molar refractivity (Wildman–Crippen MR) is 103 cm³/mol. The van der Waals surface area contributed by atoms with Crippen LogP contribution in [-0.2, 0) is 28.9 Å². The lowest BCUT2D eigenvalue weighted by Crippen LogP contribution is -2.40. The van der Waals surface area contributed by atoms with Gasteiger partial charge in [0.05, 0.1) is 24.6 Å². The zero-order valence-electron chi connectivity index (χ0n) is 14.5. The van der Waals surface area contributed by atoms with Crippen LogP contribution in [0.1, 0.15) is 31.4 Å². The summed E-state index contributed by atoms with van der Waals surface area (Å²) >= 11 is 3.26. The smallest absolute Gasteiger partial charge is 0.264 e. The number of thiophene rings is 2. The van der Waals surface area contributed by atoms with Gasteiger partial charge in [0.2, 0.25) is 5.91 Å². The second-order valence-electron chi connectivity index (χ2n) is 6.70. The van der Waals surface area contributed by atoms with E-state index in [1.165, 1.54) is 15.3 Å². The average molecular weight is 391 g/mol. The fourth-order valence-electron chi connectivity index (χ4n) is 3.51. The molecule has 1 fully saturated rings. The fourth-order valence-corrected chi connectivity index (χ4v) is 5.33. The Morgan fingerprint density at radius 1 is 1.31 bits per heavy atom. The molecule has 0 saturated carbocycles. The Kier molecular flexibility index (Phi) is 5.38. The predicted octanol–water partition coefficient (Wildman–Crippen LogP) is 2.70. The highest BCUT2D eigenvalue weighted by molar-refractivity contribution is 7.14. The van der Waals surface area contributed by atoms with E-state index < -0.39 is 0 Å². The van der Waals surface area contributed by atoms with Crippen molar-refractivity contribution in [2.45, 2.75) is 25.8 Å². The summed E-state index contributed by atoms with van der Waals surface area (Å²) in [5, 5.41) is 5.07. The van der Waals surface area contributed by atoms with Gasteiger partial charge in [-0.2, -0.15) is 0 Å². The van der Waals surface area contributed by atoms with Gasteiger partial charge < -0.3 is 15.0 Å². The molecule has 7 heteroatoms. The highest BCUT2D eigenvalue weighted by Crippen LogP contribution is 2.33. The van der Waals surface area contributed by atoms with Gasteiger partial charge in [-0.25, -0.2) is 0 Å². The van der Waals surface area contributed by atoms with Crippen molar-refractivity contribution in [1.29, 1.82) is 0 Å². The molecule has 2 aromatic heterocycles. The molecule has 1 saturated heterocycles. The van der Waals surface area contributed by atoms with E-state index in [1.54, 1.807) is 22.7 Å². The van der Waals surface area contributed by atoms with Crippen LogP contribution in [0, 0.1) is 5.92 Å². The van der Waals surface area contributed by atoms with Crippen LogP contribution >= 0.6 is 22.7 Å². The van der Waals surface area contributed by atoms with Crippen LogP contribution in [-0.4, -0.2) is 43.0 Å². The molecule has 4 rings (SSSR count). The van der Waals surface area contributed by atoms with Crippen molar-refractivity contribution in [2.24, 2.45) is 5.92 Å². The maximum absolute atomic E-state index is 12.7. The minimum Gasteiger partial charge on any atom is -0.378 e. The molecule has 0 spiro atoms. The van der Waals surface area contributed by atoms with E-state index in [0.29, 0.717) is 32.8 Å². The van der Waals surface area contributed by atoms with Gasteiger partial charge in [0.25, 0.3) is 5.91 Å². The maximum atomic E-state index is 12.7. The summed E-state index contributed by atoms with van der Waals surface area (Å²) in [6.07, 6.45) is 2.47. The van der Waals surface area contributed by atoms with Crippen LogP contribution in [0.4, 0.5) is 0 Å². The molecule has 0 radical (unpaired) electrons. The number of aryl methyl sites for hydroxylation is 1. The lowest BCUT2D eigenvalue weighted by molar-refractivity contribution is -0.125. The standard InChI is InChI=1S/C19H22N2O3S2/c22-18(20-12-15-2-1-9-25-15)13-3-4-16-14(10-13)11-17(26-16)19(23)21-5-7-24-8-6-21/h1-2,9,11,13H,3-8,10,12H2,(H,20,22)/t13-/m0/s1. The Morgan fingerprint density at radius 3 is 2.92 bits per heavy atom. The first kappa shape index (κ1) is 17.7. The lowest BCUT2D eigenvalue weighted by atomic mass is 9.87. The number of fused-ring (bicyclic) bond motifs is 1. The summed E-state index contributed by atoms with van der Waals surface area (Å²) < 4.78 is 5.32. The number of rotatable bonds is 4. The number of carbonyl (C=O) groups is 2. The molecule has 1 N–H and O–H groups in total. The zero-order chi connectivity index (χ0) is 17.9. The molecular weight excluding hydrogens is 368 g/mol. The largest absolute Gasteiger partial charge is 0.378 e. The summed E-state index contributed by atoms with van der Waals surface area (Å²) in [5.74, 6) is 0.228. The van der Waals surface area contributed by atoms with Crippen molar-refractivity contribution >= 4 is 34.5 Å². The highest BCUT2D eigenvalue weighted by atomic mass is 32.1. The normalized spacial score (nSPS) is 19.8. The summed E-state index contributed by atoms with van der Waals surface area (Å²) in [6.45, 7) is 3.15. The van der Waals surface area contributed by atoms with Crippen molar-refractivity contribution in [2.75, 3.05) is 26.3 Å². The third-order valence-electron chi connectivity index (χ3n) is 4.98. The molecule has 1 aliphatic heterocycles. The first-order valence-electron chi connectivity index (χ1n) is 8.99. The van der Waals surface area contributed by atoms with Crippen molar-refractivity contribution in [1.82, 2.24) is 10.2 Å². The van der Waals surface area contributed by atoms with E-state index in [-0.39, 0.29) is 17.7 Å². The first-order valence-corrected chi connectivity index (χ1v) is 10.7. The van der Waals surface area contributed by atoms with Gasteiger partial charge in [0.15, 0.2) is 0 Å². The molecule has 3 heterocycles. The summed E-state index contributed by atoms with van der Waals surface area (Å²) in [7, 11) is 0.